The Hall–Kier alpha value is -4.38. The number of nitrogens with one attached hydrogen (secondary N) is 1. The van der Waals surface area contributed by atoms with Crippen molar-refractivity contribution in [1.82, 2.24) is 25.3 Å². The molecule has 0 unspecified atom stereocenters. The Kier molecular flexibility index (Phi) is 8.30. The fourth-order valence-corrected chi connectivity index (χ4v) is 5.60. The first-order valence-electron chi connectivity index (χ1n) is 13.1. The second-order valence-electron chi connectivity index (χ2n) is 9.59. The van der Waals surface area contributed by atoms with Crippen molar-refractivity contribution in [3.05, 3.63) is 76.4 Å². The fraction of sp³-hybridized carbons (Fsp3) is 0.310. The molecular formula is C29H30N6O4S. The number of likely N-dealkylation sites (tertiary alicyclic amines) is 1. The lowest BCUT2D eigenvalue weighted by Crippen LogP contribution is -2.40. The number of ether oxygens (including phenoxy) is 1. The van der Waals surface area contributed by atoms with Gasteiger partial charge in [-0.05, 0) is 49.2 Å². The summed E-state index contributed by atoms with van der Waals surface area (Å²) in [7, 11) is 3.29. The van der Waals surface area contributed by atoms with Crippen LogP contribution in [0.25, 0.3) is 11.0 Å². The van der Waals surface area contributed by atoms with E-state index in [-0.39, 0.29) is 36.4 Å². The van der Waals surface area contributed by atoms with Crippen molar-refractivity contribution in [3.8, 4) is 5.75 Å². The minimum Gasteiger partial charge on any atom is -0.497 e. The van der Waals surface area contributed by atoms with Gasteiger partial charge in [-0.15, -0.1) is 11.3 Å². The van der Waals surface area contributed by atoms with Crippen molar-refractivity contribution in [2.75, 3.05) is 32.3 Å². The highest BCUT2D eigenvalue weighted by Crippen LogP contribution is 2.31. The Morgan fingerprint density at radius 2 is 1.75 bits per heavy atom. The number of hydrogen-bond donors (Lipinski definition) is 1. The molecular weight excluding hydrogens is 528 g/mol. The lowest BCUT2D eigenvalue weighted by atomic mass is 9.97. The normalized spacial score (nSPS) is 13.7. The van der Waals surface area contributed by atoms with E-state index in [1.165, 1.54) is 16.3 Å². The Balaban J connectivity index is 1.10. The van der Waals surface area contributed by atoms with Crippen molar-refractivity contribution >= 4 is 45.8 Å². The molecule has 3 heterocycles. The molecule has 0 spiro atoms. The largest absolute Gasteiger partial charge is 0.497 e. The molecule has 1 saturated heterocycles. The van der Waals surface area contributed by atoms with E-state index in [4.69, 9.17) is 4.74 Å². The number of methoxy groups -OCH3 is 1. The maximum Gasteiger partial charge on any atom is 0.289 e. The number of para-hydroxylation sites is 2. The molecule has 2 aromatic heterocycles. The number of rotatable bonds is 9. The Morgan fingerprint density at radius 1 is 1.02 bits per heavy atom. The van der Waals surface area contributed by atoms with Crippen LogP contribution < -0.4 is 15.2 Å². The molecule has 11 heteroatoms. The monoisotopic (exact) mass is 558 g/mol. The molecule has 1 aliphatic heterocycles. The zero-order valence-electron chi connectivity index (χ0n) is 22.4. The van der Waals surface area contributed by atoms with E-state index in [2.05, 4.69) is 20.4 Å². The van der Waals surface area contributed by atoms with E-state index in [0.717, 1.165) is 28.9 Å². The standard InChI is InChI=1S/C29H30N6O4S/c1-34(26-17-30-22-5-3-4-6-23(22)31-26)33-28(38)24-18-40-29(32-24)20-13-15-35(16-14-20)27(37)12-11-25(36)19-7-9-21(39-2)10-8-19/h3-10,17-18,20H,11-16H2,1-2H3,(H,33,38). The quantitative estimate of drug-likeness (QED) is 0.239. The highest BCUT2D eigenvalue weighted by molar-refractivity contribution is 7.09. The third-order valence-corrected chi connectivity index (χ3v) is 7.99. The van der Waals surface area contributed by atoms with Crippen molar-refractivity contribution < 1.29 is 19.1 Å². The summed E-state index contributed by atoms with van der Waals surface area (Å²) >= 11 is 1.46. The Morgan fingerprint density at radius 3 is 2.48 bits per heavy atom. The second kappa shape index (κ2) is 12.2. The molecule has 0 bridgehead atoms. The van der Waals surface area contributed by atoms with E-state index in [1.807, 2.05) is 29.2 Å². The highest BCUT2D eigenvalue weighted by atomic mass is 32.1. The first kappa shape index (κ1) is 27.2. The van der Waals surface area contributed by atoms with Crippen LogP contribution in [-0.4, -0.2) is 64.7 Å². The van der Waals surface area contributed by atoms with Crippen LogP contribution in [0.5, 0.6) is 5.75 Å². The van der Waals surface area contributed by atoms with Gasteiger partial charge in [0.25, 0.3) is 5.91 Å². The molecule has 0 atom stereocenters. The average Bonchev–Trinajstić information content (AvgIpc) is 3.50. The molecule has 2 aromatic carbocycles. The van der Waals surface area contributed by atoms with Gasteiger partial charge in [0.05, 0.1) is 29.3 Å². The van der Waals surface area contributed by atoms with Gasteiger partial charge in [-0.25, -0.2) is 9.97 Å². The summed E-state index contributed by atoms with van der Waals surface area (Å²) in [4.78, 5) is 53.4. The van der Waals surface area contributed by atoms with Gasteiger partial charge in [0.1, 0.15) is 11.4 Å². The first-order valence-corrected chi connectivity index (χ1v) is 14.0. The van der Waals surface area contributed by atoms with Crippen molar-refractivity contribution in [1.29, 1.82) is 0 Å². The predicted molar refractivity (Wildman–Crippen MR) is 153 cm³/mol. The highest BCUT2D eigenvalue weighted by Gasteiger charge is 2.27. The van der Waals surface area contributed by atoms with Gasteiger partial charge in [-0.2, -0.15) is 0 Å². The number of fused-ring (bicyclic) bond motifs is 1. The third-order valence-electron chi connectivity index (χ3n) is 6.98. The number of Topliss-reactive ketones (excluding diaryl/α,β-unsaturated/α-hetero) is 1. The van der Waals surface area contributed by atoms with Crippen LogP contribution in [0.15, 0.2) is 60.1 Å². The van der Waals surface area contributed by atoms with Crippen molar-refractivity contribution in [2.24, 2.45) is 0 Å². The summed E-state index contributed by atoms with van der Waals surface area (Å²) < 4.78 is 5.12. The molecule has 1 N–H and O–H groups in total. The lowest BCUT2D eigenvalue weighted by Gasteiger charge is -2.31. The van der Waals surface area contributed by atoms with Gasteiger partial charge in [0.15, 0.2) is 11.6 Å². The van der Waals surface area contributed by atoms with E-state index < -0.39 is 0 Å². The third kappa shape index (κ3) is 6.26. The summed E-state index contributed by atoms with van der Waals surface area (Å²) in [5, 5.41) is 4.18. The number of nitrogens with zero attached hydrogens (tertiary/aromatic N) is 5. The van der Waals surface area contributed by atoms with Gasteiger partial charge >= 0.3 is 0 Å². The number of thiazole rings is 1. The minimum absolute atomic E-state index is 0.0145. The smallest absolute Gasteiger partial charge is 0.289 e. The molecule has 0 saturated carbocycles. The van der Waals surface area contributed by atoms with Crippen LogP contribution in [0.1, 0.15) is 57.5 Å². The van der Waals surface area contributed by atoms with Crippen LogP contribution in [0.4, 0.5) is 5.82 Å². The molecule has 206 valence electrons. The maximum atomic E-state index is 12.8. The van der Waals surface area contributed by atoms with Gasteiger partial charge in [0, 0.05) is 49.8 Å². The number of hydrogen-bond acceptors (Lipinski definition) is 9. The van der Waals surface area contributed by atoms with Gasteiger partial charge in [-0.1, -0.05) is 12.1 Å². The number of hydrazine groups is 1. The van der Waals surface area contributed by atoms with E-state index in [0.29, 0.717) is 35.9 Å². The summed E-state index contributed by atoms with van der Waals surface area (Å²) in [6.45, 7) is 1.20. The number of carbonyl (C=O) groups excluding carboxylic acids is 3. The number of anilines is 1. The Bertz CT molecular complexity index is 1510. The topological polar surface area (TPSA) is 118 Å². The SMILES string of the molecule is COc1ccc(C(=O)CCC(=O)N2CCC(c3nc(C(=O)NN(C)c4cnc5ccccc5n4)cs3)CC2)cc1. The van der Waals surface area contributed by atoms with Gasteiger partial charge in [0.2, 0.25) is 5.91 Å². The van der Waals surface area contributed by atoms with Crippen LogP contribution in [0.2, 0.25) is 0 Å². The van der Waals surface area contributed by atoms with E-state index in [9.17, 15) is 14.4 Å². The van der Waals surface area contributed by atoms with E-state index >= 15 is 0 Å². The molecule has 0 radical (unpaired) electrons. The second-order valence-corrected chi connectivity index (χ2v) is 10.5. The summed E-state index contributed by atoms with van der Waals surface area (Å²) in [5.74, 6) is 0.990. The summed E-state index contributed by atoms with van der Waals surface area (Å²) in [5.41, 5.74) is 5.25. The predicted octanol–water partition coefficient (Wildman–Crippen LogP) is 4.25. The number of ketones is 1. The lowest BCUT2D eigenvalue weighted by molar-refractivity contribution is -0.132. The molecule has 10 nitrogen and oxygen atoms in total. The number of carbonyl (C=O) groups is 3. The molecule has 5 rings (SSSR count). The summed E-state index contributed by atoms with van der Waals surface area (Å²) in [6.07, 6.45) is 3.50. The summed E-state index contributed by atoms with van der Waals surface area (Å²) in [6, 6.07) is 14.5. The Labute approximate surface area is 236 Å². The number of benzene rings is 2. The van der Waals surface area contributed by atoms with Crippen molar-refractivity contribution in [3.63, 3.8) is 0 Å². The van der Waals surface area contributed by atoms with Gasteiger partial charge in [-0.3, -0.25) is 29.8 Å². The molecule has 2 amide bonds. The van der Waals surface area contributed by atoms with E-state index in [1.54, 1.807) is 50.0 Å². The molecule has 40 heavy (non-hydrogen) atoms. The molecule has 1 aliphatic rings. The molecule has 4 aromatic rings. The zero-order chi connectivity index (χ0) is 28.1. The first-order chi connectivity index (χ1) is 19.4. The number of aromatic nitrogens is 3. The van der Waals surface area contributed by atoms with Crippen molar-refractivity contribution in [2.45, 2.75) is 31.6 Å². The van der Waals surface area contributed by atoms with Crippen LogP contribution in [0.3, 0.4) is 0 Å². The minimum atomic E-state index is -0.325. The van der Waals surface area contributed by atoms with Crippen LogP contribution in [-0.2, 0) is 4.79 Å². The van der Waals surface area contributed by atoms with Gasteiger partial charge < -0.3 is 9.64 Å². The fourth-order valence-electron chi connectivity index (χ4n) is 4.63. The average molecular weight is 559 g/mol. The van der Waals surface area contributed by atoms with Crippen LogP contribution >= 0.6 is 11.3 Å². The maximum absolute atomic E-state index is 12.8. The van der Waals surface area contributed by atoms with Crippen LogP contribution in [0, 0.1) is 0 Å². The number of piperidine rings is 1. The zero-order valence-corrected chi connectivity index (χ0v) is 23.2. The molecule has 0 aliphatic carbocycles. The number of amides is 2. The molecule has 1 fully saturated rings.